The van der Waals surface area contributed by atoms with E-state index in [0.29, 0.717) is 10.7 Å². The molecule has 0 radical (unpaired) electrons. The largest absolute Gasteiger partial charge is 0.390 e. The van der Waals surface area contributed by atoms with Gasteiger partial charge in [-0.15, -0.1) is 0 Å². The van der Waals surface area contributed by atoms with E-state index in [1.54, 1.807) is 12.1 Å². The third-order valence-corrected chi connectivity index (χ3v) is 3.22. The fourth-order valence-corrected chi connectivity index (χ4v) is 1.89. The Kier molecular flexibility index (Phi) is 7.34. The van der Waals surface area contributed by atoms with Crippen LogP contribution in [0.3, 0.4) is 0 Å². The number of unbranched alkanes of at least 4 members (excludes halogenated alkanes) is 2. The van der Waals surface area contributed by atoms with Crippen molar-refractivity contribution in [1.29, 1.82) is 5.26 Å². The van der Waals surface area contributed by atoms with Crippen LogP contribution in [0, 0.1) is 18.3 Å². The number of hydrogen-bond acceptors (Lipinski definition) is 3. The molecule has 21 heavy (non-hydrogen) atoms. The first-order valence-electron chi connectivity index (χ1n) is 6.99. The summed E-state index contributed by atoms with van der Waals surface area (Å²) in [5, 5.41) is 15.3. The summed E-state index contributed by atoms with van der Waals surface area (Å²) < 4.78 is 0. The Morgan fingerprint density at radius 3 is 2.86 bits per heavy atom. The molecule has 0 saturated heterocycles. The molecule has 1 aromatic carbocycles. The Bertz CT molecular complexity index is 561. The highest BCUT2D eigenvalue weighted by molar-refractivity contribution is 6.31. The molecule has 0 aliphatic rings. The average Bonchev–Trinajstić information content (AvgIpc) is 2.46. The maximum absolute atomic E-state index is 12.0. The number of rotatable bonds is 7. The van der Waals surface area contributed by atoms with Crippen molar-refractivity contribution in [2.45, 2.75) is 33.1 Å². The number of carbonyl (C=O) groups is 1. The van der Waals surface area contributed by atoms with Crippen molar-refractivity contribution < 1.29 is 4.79 Å². The predicted octanol–water partition coefficient (Wildman–Crippen LogP) is 3.77. The van der Waals surface area contributed by atoms with Crippen molar-refractivity contribution in [2.75, 3.05) is 11.9 Å². The molecule has 1 rings (SSSR count). The minimum atomic E-state index is -0.439. The summed E-state index contributed by atoms with van der Waals surface area (Å²) in [6.07, 6.45) is 4.73. The number of benzene rings is 1. The molecule has 0 atom stereocenters. The van der Waals surface area contributed by atoms with E-state index in [-0.39, 0.29) is 5.57 Å². The van der Waals surface area contributed by atoms with Gasteiger partial charge in [0.2, 0.25) is 0 Å². The maximum Gasteiger partial charge on any atom is 0.267 e. The van der Waals surface area contributed by atoms with Crippen molar-refractivity contribution in [3.63, 3.8) is 0 Å². The molecular formula is C16H20ClN3O. The molecule has 0 aromatic heterocycles. The summed E-state index contributed by atoms with van der Waals surface area (Å²) in [4.78, 5) is 12.0. The molecular weight excluding hydrogens is 286 g/mol. The van der Waals surface area contributed by atoms with Gasteiger partial charge in [0.1, 0.15) is 11.6 Å². The van der Waals surface area contributed by atoms with Crippen molar-refractivity contribution in [1.82, 2.24) is 5.32 Å². The quantitative estimate of drug-likeness (QED) is 0.458. The number of nitriles is 1. The minimum absolute atomic E-state index is 0.0471. The lowest BCUT2D eigenvalue weighted by Crippen LogP contribution is -2.17. The molecule has 0 spiro atoms. The van der Waals surface area contributed by atoms with Gasteiger partial charge in [-0.1, -0.05) is 37.4 Å². The second-order valence-corrected chi connectivity index (χ2v) is 5.18. The van der Waals surface area contributed by atoms with Crippen LogP contribution in [-0.4, -0.2) is 12.5 Å². The molecule has 1 amide bonds. The van der Waals surface area contributed by atoms with Crippen LogP contribution < -0.4 is 10.6 Å². The van der Waals surface area contributed by atoms with Crippen LogP contribution in [0.25, 0.3) is 0 Å². The highest BCUT2D eigenvalue weighted by Gasteiger charge is 2.10. The zero-order valence-corrected chi connectivity index (χ0v) is 13.1. The van der Waals surface area contributed by atoms with E-state index < -0.39 is 5.91 Å². The average molecular weight is 306 g/mol. The van der Waals surface area contributed by atoms with E-state index in [2.05, 4.69) is 17.6 Å². The van der Waals surface area contributed by atoms with Crippen LogP contribution in [0.15, 0.2) is 30.0 Å². The monoisotopic (exact) mass is 305 g/mol. The molecule has 4 nitrogen and oxygen atoms in total. The van der Waals surface area contributed by atoms with Gasteiger partial charge in [-0.2, -0.15) is 5.26 Å². The third-order valence-electron chi connectivity index (χ3n) is 2.98. The first-order valence-corrected chi connectivity index (χ1v) is 7.37. The SMILES string of the molecule is CCCCCN/C=C(/C#N)C(=O)Nc1cc(Cl)ccc1C. The Labute approximate surface area is 130 Å². The molecule has 112 valence electrons. The van der Waals surface area contributed by atoms with E-state index in [0.717, 1.165) is 31.4 Å². The van der Waals surface area contributed by atoms with Crippen molar-refractivity contribution in [2.24, 2.45) is 0 Å². The highest BCUT2D eigenvalue weighted by atomic mass is 35.5. The summed E-state index contributed by atoms with van der Waals surface area (Å²) >= 11 is 5.90. The fourth-order valence-electron chi connectivity index (χ4n) is 1.72. The van der Waals surface area contributed by atoms with E-state index in [9.17, 15) is 4.79 Å². The number of hydrogen-bond donors (Lipinski definition) is 2. The predicted molar refractivity (Wildman–Crippen MR) is 86.0 cm³/mol. The van der Waals surface area contributed by atoms with Crippen LogP contribution in [-0.2, 0) is 4.79 Å². The van der Waals surface area contributed by atoms with Crippen molar-refractivity contribution in [3.8, 4) is 6.07 Å². The normalized spacial score (nSPS) is 10.9. The summed E-state index contributed by atoms with van der Waals surface area (Å²) in [6, 6.07) is 7.13. The molecule has 0 fully saturated rings. The van der Waals surface area contributed by atoms with Gasteiger partial charge in [0.25, 0.3) is 5.91 Å². The number of halogens is 1. The minimum Gasteiger partial charge on any atom is -0.390 e. The standard InChI is InChI=1S/C16H20ClN3O/c1-3-4-5-8-19-11-13(10-18)16(21)20-15-9-14(17)7-6-12(15)2/h6-7,9,11,19H,3-5,8H2,1-2H3,(H,20,21)/b13-11-. The number of anilines is 1. The molecule has 1 aromatic rings. The lowest BCUT2D eigenvalue weighted by Gasteiger charge is -2.08. The number of aryl methyl sites for hydroxylation is 1. The highest BCUT2D eigenvalue weighted by Crippen LogP contribution is 2.20. The first-order chi connectivity index (χ1) is 10.1. The number of nitrogens with one attached hydrogen (secondary N) is 2. The second-order valence-electron chi connectivity index (χ2n) is 4.74. The number of nitrogens with zero attached hydrogens (tertiary/aromatic N) is 1. The number of carbonyl (C=O) groups excluding carboxylic acids is 1. The zero-order chi connectivity index (χ0) is 15.7. The second kappa shape index (κ2) is 9.04. The zero-order valence-electron chi connectivity index (χ0n) is 12.4. The van der Waals surface area contributed by atoms with E-state index in [1.807, 2.05) is 19.1 Å². The first kappa shape index (κ1) is 17.1. The van der Waals surface area contributed by atoms with Crippen LogP contribution >= 0.6 is 11.6 Å². The molecule has 0 bridgehead atoms. The molecule has 0 aliphatic carbocycles. The topological polar surface area (TPSA) is 64.9 Å². The molecule has 2 N–H and O–H groups in total. The van der Waals surface area contributed by atoms with E-state index in [1.165, 1.54) is 6.20 Å². The van der Waals surface area contributed by atoms with Gasteiger partial charge in [0.15, 0.2) is 0 Å². The van der Waals surface area contributed by atoms with Gasteiger partial charge in [-0.05, 0) is 31.0 Å². The van der Waals surface area contributed by atoms with E-state index >= 15 is 0 Å². The Balaban J connectivity index is 2.65. The van der Waals surface area contributed by atoms with Gasteiger partial charge in [-0.25, -0.2) is 0 Å². The van der Waals surface area contributed by atoms with Crippen molar-refractivity contribution >= 4 is 23.2 Å². The van der Waals surface area contributed by atoms with Gasteiger partial charge in [0.05, 0.1) is 0 Å². The summed E-state index contributed by atoms with van der Waals surface area (Å²) in [5.74, 6) is -0.439. The Hall–Kier alpha value is -1.99. The summed E-state index contributed by atoms with van der Waals surface area (Å²) in [7, 11) is 0. The van der Waals surface area contributed by atoms with Gasteiger partial charge < -0.3 is 10.6 Å². The maximum atomic E-state index is 12.0. The van der Waals surface area contributed by atoms with Crippen molar-refractivity contribution in [3.05, 3.63) is 40.6 Å². The van der Waals surface area contributed by atoms with Crippen LogP contribution in [0.4, 0.5) is 5.69 Å². The lowest BCUT2D eigenvalue weighted by atomic mass is 10.2. The Morgan fingerprint density at radius 2 is 2.19 bits per heavy atom. The summed E-state index contributed by atoms with van der Waals surface area (Å²) in [5.41, 5.74) is 1.55. The summed E-state index contributed by atoms with van der Waals surface area (Å²) in [6.45, 7) is 4.74. The molecule has 0 saturated carbocycles. The third kappa shape index (κ3) is 5.88. The van der Waals surface area contributed by atoms with Crippen LogP contribution in [0.2, 0.25) is 5.02 Å². The molecule has 0 unspecified atom stereocenters. The van der Waals surface area contributed by atoms with Crippen LogP contribution in [0.5, 0.6) is 0 Å². The van der Waals surface area contributed by atoms with Gasteiger partial charge in [-0.3, -0.25) is 4.79 Å². The molecule has 0 aliphatic heterocycles. The Morgan fingerprint density at radius 1 is 1.43 bits per heavy atom. The van der Waals surface area contributed by atoms with Gasteiger partial charge >= 0.3 is 0 Å². The smallest absolute Gasteiger partial charge is 0.267 e. The molecule has 0 heterocycles. The number of amides is 1. The van der Waals surface area contributed by atoms with Gasteiger partial charge in [0, 0.05) is 23.5 Å². The van der Waals surface area contributed by atoms with Crippen LogP contribution in [0.1, 0.15) is 31.7 Å². The van der Waals surface area contributed by atoms with E-state index in [4.69, 9.17) is 16.9 Å². The fraction of sp³-hybridized carbons (Fsp3) is 0.375. The lowest BCUT2D eigenvalue weighted by molar-refractivity contribution is -0.112. The molecule has 5 heteroatoms.